The Bertz CT molecular complexity index is 1160. The fourth-order valence-corrected chi connectivity index (χ4v) is 4.06. The van der Waals surface area contributed by atoms with Crippen molar-refractivity contribution >= 4 is 11.9 Å². The van der Waals surface area contributed by atoms with E-state index in [1.165, 1.54) is 6.20 Å². The number of ether oxygens (including phenoxy) is 1. The molecule has 2 aromatic rings. The van der Waals surface area contributed by atoms with Gasteiger partial charge in [-0.2, -0.15) is 0 Å². The molecule has 3 rings (SSSR count). The van der Waals surface area contributed by atoms with Crippen molar-refractivity contribution in [3.05, 3.63) is 58.8 Å². The van der Waals surface area contributed by atoms with Gasteiger partial charge in [0.1, 0.15) is 17.8 Å². The van der Waals surface area contributed by atoms with E-state index in [-0.39, 0.29) is 41.5 Å². The number of fused-ring (bicyclic) bond motifs is 1. The number of amides is 1. The second-order valence-corrected chi connectivity index (χ2v) is 9.35. The third kappa shape index (κ3) is 6.82. The molecule has 0 spiro atoms. The Hall–Kier alpha value is -3.45. The fraction of sp³-hybridized carbons (Fsp3) is 0.444. The summed E-state index contributed by atoms with van der Waals surface area (Å²) in [4.78, 5) is 32.8. The van der Waals surface area contributed by atoms with Gasteiger partial charge >= 0.3 is 5.97 Å². The molecule has 2 heterocycles. The first kappa shape index (κ1) is 27.1. The molecule has 1 amide bonds. The van der Waals surface area contributed by atoms with E-state index in [2.05, 4.69) is 16.8 Å². The van der Waals surface area contributed by atoms with Crippen molar-refractivity contribution in [1.82, 2.24) is 14.8 Å². The summed E-state index contributed by atoms with van der Waals surface area (Å²) in [5.74, 6) is 4.29. The number of nitrogens with zero attached hydrogens (tertiary/aromatic N) is 3. The Kier molecular flexibility index (Phi) is 9.04. The maximum absolute atomic E-state index is 13.4. The number of aliphatic hydroxyl groups excluding tert-OH is 2. The average molecular weight is 496 g/mol. The van der Waals surface area contributed by atoms with Gasteiger partial charge in [0.25, 0.3) is 5.91 Å². The molecule has 0 aliphatic carbocycles. The number of carboxylic acid groups (broad SMARTS) is 1. The first-order valence-corrected chi connectivity index (χ1v) is 11.9. The van der Waals surface area contributed by atoms with Crippen LogP contribution in [0.3, 0.4) is 0 Å². The molecule has 3 N–H and O–H groups in total. The van der Waals surface area contributed by atoms with Gasteiger partial charge in [-0.25, -0.2) is 9.78 Å². The van der Waals surface area contributed by atoms with Crippen LogP contribution in [0.25, 0.3) is 0 Å². The van der Waals surface area contributed by atoms with Gasteiger partial charge in [0, 0.05) is 37.3 Å². The van der Waals surface area contributed by atoms with Crippen LogP contribution < -0.4 is 4.74 Å². The van der Waals surface area contributed by atoms with Crippen LogP contribution >= 0.6 is 0 Å². The Morgan fingerprint density at radius 1 is 1.33 bits per heavy atom. The van der Waals surface area contributed by atoms with Crippen LogP contribution in [-0.4, -0.2) is 87.0 Å². The van der Waals surface area contributed by atoms with Crippen molar-refractivity contribution in [1.29, 1.82) is 0 Å². The van der Waals surface area contributed by atoms with Crippen molar-refractivity contribution < 1.29 is 29.6 Å². The summed E-state index contributed by atoms with van der Waals surface area (Å²) in [5.41, 5.74) is 1.82. The number of hydrogen-bond acceptors (Lipinski definition) is 7. The van der Waals surface area contributed by atoms with Gasteiger partial charge < -0.3 is 25.0 Å². The Morgan fingerprint density at radius 2 is 2.08 bits per heavy atom. The van der Waals surface area contributed by atoms with E-state index in [0.29, 0.717) is 25.2 Å². The zero-order valence-corrected chi connectivity index (χ0v) is 21.0. The number of likely N-dealkylation sites (N-methyl/N-ethyl adjacent to an activating group) is 1. The second kappa shape index (κ2) is 12.0. The van der Waals surface area contributed by atoms with Crippen LogP contribution in [0.5, 0.6) is 5.88 Å². The lowest BCUT2D eigenvalue weighted by Crippen LogP contribution is -2.49. The van der Waals surface area contributed by atoms with Crippen LogP contribution in [0.1, 0.15) is 52.6 Å². The monoisotopic (exact) mass is 495 g/mol. The third-order valence-electron chi connectivity index (χ3n) is 6.06. The average Bonchev–Trinajstić information content (AvgIpc) is 2.84. The summed E-state index contributed by atoms with van der Waals surface area (Å²) < 4.78 is 6.28. The molecule has 4 atom stereocenters. The first-order valence-electron chi connectivity index (χ1n) is 11.9. The van der Waals surface area contributed by atoms with Gasteiger partial charge in [-0.1, -0.05) is 30.9 Å². The number of aromatic carboxylic acids is 1. The van der Waals surface area contributed by atoms with Crippen LogP contribution in [0.4, 0.5) is 0 Å². The first-order chi connectivity index (χ1) is 17.1. The van der Waals surface area contributed by atoms with Crippen molar-refractivity contribution in [2.45, 2.75) is 45.6 Å². The zero-order valence-electron chi connectivity index (χ0n) is 21.0. The van der Waals surface area contributed by atoms with Gasteiger partial charge in [0.05, 0.1) is 18.2 Å². The molecule has 0 unspecified atom stereocenters. The van der Waals surface area contributed by atoms with Crippen molar-refractivity contribution in [2.75, 3.05) is 26.7 Å². The minimum absolute atomic E-state index is 0.0830. The van der Waals surface area contributed by atoms with Crippen LogP contribution in [0, 0.1) is 17.8 Å². The van der Waals surface area contributed by atoms with Crippen molar-refractivity contribution in [3.8, 4) is 17.7 Å². The van der Waals surface area contributed by atoms with E-state index in [0.717, 1.165) is 5.56 Å². The van der Waals surface area contributed by atoms with Gasteiger partial charge in [0.15, 0.2) is 0 Å². The summed E-state index contributed by atoms with van der Waals surface area (Å²) in [6.45, 7) is 6.52. The third-order valence-corrected chi connectivity index (χ3v) is 6.06. The lowest BCUT2D eigenvalue weighted by Gasteiger charge is -2.37. The molecule has 36 heavy (non-hydrogen) atoms. The highest BCUT2D eigenvalue weighted by Crippen LogP contribution is 2.27. The lowest BCUT2D eigenvalue weighted by molar-refractivity contribution is 0.0324. The quantitative estimate of drug-likeness (QED) is 0.498. The van der Waals surface area contributed by atoms with Crippen LogP contribution in [0.15, 0.2) is 36.5 Å². The predicted molar refractivity (Wildman–Crippen MR) is 134 cm³/mol. The van der Waals surface area contributed by atoms with Crippen LogP contribution in [-0.2, 0) is 6.54 Å². The fourth-order valence-electron chi connectivity index (χ4n) is 4.06. The number of aromatic nitrogens is 1. The second-order valence-electron chi connectivity index (χ2n) is 9.35. The molecule has 1 aliphatic heterocycles. The van der Waals surface area contributed by atoms with E-state index in [1.807, 2.05) is 24.9 Å². The van der Waals surface area contributed by atoms with Gasteiger partial charge in [-0.15, -0.1) is 0 Å². The Balaban J connectivity index is 1.89. The van der Waals surface area contributed by atoms with Crippen LogP contribution in [0.2, 0.25) is 0 Å². The van der Waals surface area contributed by atoms with Gasteiger partial charge in [-0.05, 0) is 44.7 Å². The molecule has 1 aromatic heterocycles. The number of benzene rings is 1. The molecule has 0 bridgehead atoms. The molecule has 0 radical (unpaired) electrons. The van der Waals surface area contributed by atoms with Crippen molar-refractivity contribution in [3.63, 3.8) is 0 Å². The predicted octanol–water partition coefficient (Wildman–Crippen LogP) is 1.86. The number of carboxylic acids is 1. The smallest absolute Gasteiger partial charge is 0.335 e. The highest BCUT2D eigenvalue weighted by atomic mass is 16.5. The summed E-state index contributed by atoms with van der Waals surface area (Å²) in [7, 11) is 1.92. The summed E-state index contributed by atoms with van der Waals surface area (Å²) in [5, 5.41) is 28.5. The van der Waals surface area contributed by atoms with E-state index in [4.69, 9.17) is 4.74 Å². The SMILES string of the molecule is C[C@H](CO)N1C[C@H](C)[C@@H](CN(C)Cc2cccc(C(=O)O)c2)Oc2ncc(C#C[C@@H](C)O)cc2C1=O. The maximum atomic E-state index is 13.4. The Morgan fingerprint density at radius 3 is 2.75 bits per heavy atom. The summed E-state index contributed by atoms with van der Waals surface area (Å²) in [6, 6.07) is 8.00. The van der Waals surface area contributed by atoms with Gasteiger partial charge in [0.2, 0.25) is 5.88 Å². The number of aliphatic hydroxyl groups is 2. The molecule has 0 fully saturated rings. The molecular weight excluding hydrogens is 462 g/mol. The summed E-state index contributed by atoms with van der Waals surface area (Å²) in [6.07, 6.45) is 0.354. The van der Waals surface area contributed by atoms with Gasteiger partial charge in [-0.3, -0.25) is 9.69 Å². The van der Waals surface area contributed by atoms with E-state index in [9.17, 15) is 24.9 Å². The normalized spacial score (nSPS) is 19.3. The molecule has 1 aromatic carbocycles. The molecule has 0 saturated carbocycles. The largest absolute Gasteiger partial charge is 0.478 e. The number of pyridine rings is 1. The topological polar surface area (TPSA) is 123 Å². The van der Waals surface area contributed by atoms with E-state index >= 15 is 0 Å². The molecule has 1 aliphatic rings. The maximum Gasteiger partial charge on any atom is 0.335 e. The molecular formula is C27H33N3O6. The minimum atomic E-state index is -0.973. The molecule has 0 saturated heterocycles. The highest BCUT2D eigenvalue weighted by Gasteiger charge is 2.34. The molecule has 9 heteroatoms. The van der Waals surface area contributed by atoms with Crippen molar-refractivity contribution in [2.24, 2.45) is 5.92 Å². The zero-order chi connectivity index (χ0) is 26.4. The molecule has 192 valence electrons. The highest BCUT2D eigenvalue weighted by molar-refractivity contribution is 5.97. The number of carbonyl (C=O) groups is 2. The lowest BCUT2D eigenvalue weighted by atomic mass is 9.99. The minimum Gasteiger partial charge on any atom is -0.478 e. The number of hydrogen-bond donors (Lipinski definition) is 3. The van der Waals surface area contributed by atoms with E-state index in [1.54, 1.807) is 43.0 Å². The Labute approximate surface area is 211 Å². The summed E-state index contributed by atoms with van der Waals surface area (Å²) >= 11 is 0. The number of carbonyl (C=O) groups excluding carboxylic acids is 1. The standard InChI is InChI=1S/C27H33N3O6/c1-17-13-30(18(2)16-31)26(33)23-11-20(9-8-19(3)32)12-28-25(23)36-24(17)15-29(4)14-21-6-5-7-22(10-21)27(34)35/h5-7,10-12,17-19,24,31-32H,13-16H2,1-4H3,(H,34,35)/t17-,18+,19+,24+/m0/s1. The molecule has 9 nitrogen and oxygen atoms in total. The van der Waals surface area contributed by atoms with E-state index < -0.39 is 18.1 Å². The number of rotatable bonds is 7.